The number of hydrogen-bond donors (Lipinski definition) is 1. The summed E-state index contributed by atoms with van der Waals surface area (Å²) in [5, 5.41) is 7.85. The molecule has 0 saturated carbocycles. The van der Waals surface area contributed by atoms with Crippen molar-refractivity contribution in [1.29, 1.82) is 0 Å². The number of aromatic nitrogens is 2. The maximum atomic E-state index is 12.2. The molecule has 0 bridgehead atoms. The lowest BCUT2D eigenvalue weighted by Crippen LogP contribution is -2.57. The fraction of sp³-hybridized carbons (Fsp3) is 0.526. The first-order chi connectivity index (χ1) is 13.7. The molecule has 3 rings (SSSR count). The Kier molecular flexibility index (Phi) is 8.51. The second-order valence-corrected chi connectivity index (χ2v) is 10.7. The number of halogens is 2. The van der Waals surface area contributed by atoms with E-state index in [4.69, 9.17) is 16.1 Å². The Balaban J connectivity index is 0.00000320. The second-order valence-electron chi connectivity index (χ2n) is 7.51. The minimum absolute atomic E-state index is 0. The molecular formula is C19H27ClIN5O3S. The van der Waals surface area contributed by atoms with E-state index in [0.29, 0.717) is 55.3 Å². The Morgan fingerprint density at radius 1 is 1.40 bits per heavy atom. The van der Waals surface area contributed by atoms with Gasteiger partial charge in [0.05, 0.1) is 17.0 Å². The molecule has 0 unspecified atom stereocenters. The van der Waals surface area contributed by atoms with Crippen LogP contribution in [0.5, 0.6) is 0 Å². The highest BCUT2D eigenvalue weighted by molar-refractivity contribution is 14.0. The number of sulfone groups is 1. The van der Waals surface area contributed by atoms with Crippen LogP contribution in [0.2, 0.25) is 5.02 Å². The lowest BCUT2D eigenvalue weighted by molar-refractivity contribution is 0.352. The Labute approximate surface area is 199 Å². The van der Waals surface area contributed by atoms with Gasteiger partial charge in [-0.05, 0) is 32.9 Å². The van der Waals surface area contributed by atoms with E-state index in [9.17, 15) is 8.42 Å². The van der Waals surface area contributed by atoms with Crippen molar-refractivity contribution in [3.05, 3.63) is 35.2 Å². The van der Waals surface area contributed by atoms with Crippen LogP contribution in [-0.2, 0) is 16.3 Å². The summed E-state index contributed by atoms with van der Waals surface area (Å²) >= 11 is 6.01. The smallest absolute Gasteiger partial charge is 0.228 e. The van der Waals surface area contributed by atoms with Gasteiger partial charge < -0.3 is 14.7 Å². The molecule has 8 nitrogen and oxygen atoms in total. The van der Waals surface area contributed by atoms with Gasteiger partial charge in [0, 0.05) is 36.6 Å². The molecule has 2 aromatic rings. The third-order valence-electron chi connectivity index (χ3n) is 4.82. The molecule has 11 heteroatoms. The average molecular weight is 568 g/mol. The summed E-state index contributed by atoms with van der Waals surface area (Å²) in [6.45, 7) is 7.47. The van der Waals surface area contributed by atoms with E-state index in [1.807, 2.05) is 24.0 Å². The monoisotopic (exact) mass is 567 g/mol. The van der Waals surface area contributed by atoms with Gasteiger partial charge in [-0.3, -0.25) is 4.99 Å². The molecule has 0 spiro atoms. The van der Waals surface area contributed by atoms with Crippen LogP contribution >= 0.6 is 35.6 Å². The summed E-state index contributed by atoms with van der Waals surface area (Å²) in [7, 11) is -3.10. The van der Waals surface area contributed by atoms with E-state index in [1.165, 1.54) is 0 Å². The third kappa shape index (κ3) is 5.85. The zero-order valence-corrected chi connectivity index (χ0v) is 21.2. The van der Waals surface area contributed by atoms with Crippen molar-refractivity contribution in [1.82, 2.24) is 20.4 Å². The van der Waals surface area contributed by atoms with Crippen LogP contribution in [0.15, 0.2) is 33.8 Å². The summed E-state index contributed by atoms with van der Waals surface area (Å²) in [5.41, 5.74) is 0.793. The lowest BCUT2D eigenvalue weighted by Gasteiger charge is -2.39. The van der Waals surface area contributed by atoms with Gasteiger partial charge in [0.15, 0.2) is 15.8 Å². The molecule has 1 saturated heterocycles. The van der Waals surface area contributed by atoms with E-state index < -0.39 is 14.6 Å². The van der Waals surface area contributed by atoms with Crippen molar-refractivity contribution in [2.75, 3.05) is 31.9 Å². The summed E-state index contributed by atoms with van der Waals surface area (Å²) < 4.78 is 29.0. The first kappa shape index (κ1) is 24.9. The minimum Gasteiger partial charge on any atom is -0.357 e. The Hall–Kier alpha value is -1.40. The molecule has 30 heavy (non-hydrogen) atoms. The zero-order valence-electron chi connectivity index (χ0n) is 17.3. The molecule has 1 aliphatic heterocycles. The summed E-state index contributed by atoms with van der Waals surface area (Å²) in [6.07, 6.45) is 0.484. The number of guanidine groups is 1. The van der Waals surface area contributed by atoms with Crippen molar-refractivity contribution in [2.45, 2.75) is 31.9 Å². The maximum absolute atomic E-state index is 12.2. The summed E-state index contributed by atoms with van der Waals surface area (Å²) in [6, 6.07) is 7.27. The molecular weight excluding hydrogens is 541 g/mol. The Bertz CT molecular complexity index is 994. The van der Waals surface area contributed by atoms with Crippen LogP contribution in [0.25, 0.3) is 11.4 Å². The highest BCUT2D eigenvalue weighted by Gasteiger charge is 2.40. The second kappa shape index (κ2) is 10.3. The fourth-order valence-corrected chi connectivity index (χ4v) is 4.67. The molecule has 0 atom stereocenters. The molecule has 1 aromatic carbocycles. The van der Waals surface area contributed by atoms with Crippen LogP contribution in [0, 0.1) is 0 Å². The Morgan fingerprint density at radius 2 is 2.17 bits per heavy atom. The van der Waals surface area contributed by atoms with Crippen LogP contribution in [0.3, 0.4) is 0 Å². The standard InChI is InChI=1S/C19H26ClN5O3S.HI/c1-4-21-18(25-10-11-29(26,27)19(2,3)13-25)22-9-8-16-23-17(24-28-16)14-6-5-7-15(20)12-14;/h5-7,12H,4,8-11,13H2,1-3H3,(H,21,22);1H. The van der Waals surface area contributed by atoms with Crippen molar-refractivity contribution < 1.29 is 12.9 Å². The summed E-state index contributed by atoms with van der Waals surface area (Å²) in [5.74, 6) is 1.80. The number of rotatable bonds is 5. The van der Waals surface area contributed by atoms with E-state index in [1.54, 1.807) is 26.0 Å². The van der Waals surface area contributed by atoms with Gasteiger partial charge in [-0.1, -0.05) is 28.9 Å². The molecule has 2 heterocycles. The van der Waals surface area contributed by atoms with Crippen molar-refractivity contribution >= 4 is 51.4 Å². The van der Waals surface area contributed by atoms with Crippen LogP contribution in [0.1, 0.15) is 26.7 Å². The van der Waals surface area contributed by atoms with Gasteiger partial charge in [-0.25, -0.2) is 8.42 Å². The quantitative estimate of drug-likeness (QED) is 0.337. The predicted molar refractivity (Wildman–Crippen MR) is 129 cm³/mol. The van der Waals surface area contributed by atoms with Crippen molar-refractivity contribution in [2.24, 2.45) is 4.99 Å². The number of nitrogens with one attached hydrogen (secondary N) is 1. The topological polar surface area (TPSA) is 101 Å². The number of hydrogen-bond acceptors (Lipinski definition) is 6. The highest BCUT2D eigenvalue weighted by Crippen LogP contribution is 2.24. The van der Waals surface area contributed by atoms with Crippen LogP contribution < -0.4 is 5.32 Å². The van der Waals surface area contributed by atoms with Crippen LogP contribution in [0.4, 0.5) is 0 Å². The van der Waals surface area contributed by atoms with Gasteiger partial charge in [0.25, 0.3) is 0 Å². The third-order valence-corrected chi connectivity index (χ3v) is 7.58. The molecule has 1 fully saturated rings. The van der Waals surface area contributed by atoms with Crippen molar-refractivity contribution in [3.8, 4) is 11.4 Å². The molecule has 0 amide bonds. The van der Waals surface area contributed by atoms with E-state index in [0.717, 1.165) is 5.56 Å². The Morgan fingerprint density at radius 3 is 2.83 bits per heavy atom. The number of benzene rings is 1. The highest BCUT2D eigenvalue weighted by atomic mass is 127. The summed E-state index contributed by atoms with van der Waals surface area (Å²) in [4.78, 5) is 11.0. The van der Waals surface area contributed by atoms with Crippen LogP contribution in [-0.4, -0.2) is 66.1 Å². The zero-order chi connectivity index (χ0) is 21.1. The molecule has 0 aliphatic carbocycles. The van der Waals surface area contributed by atoms with Gasteiger partial charge in [0.2, 0.25) is 11.7 Å². The molecule has 1 aliphatic rings. The fourth-order valence-electron chi connectivity index (χ4n) is 3.11. The maximum Gasteiger partial charge on any atom is 0.228 e. The normalized spacial score (nSPS) is 18.0. The molecule has 166 valence electrons. The van der Waals surface area contributed by atoms with Crippen molar-refractivity contribution in [3.63, 3.8) is 0 Å². The van der Waals surface area contributed by atoms with Gasteiger partial charge >= 0.3 is 0 Å². The molecule has 1 N–H and O–H groups in total. The van der Waals surface area contributed by atoms with E-state index in [2.05, 4.69) is 20.4 Å². The molecule has 0 radical (unpaired) electrons. The number of aliphatic imine (C=N–C) groups is 1. The predicted octanol–water partition coefficient (Wildman–Crippen LogP) is 3.03. The molecule has 1 aromatic heterocycles. The lowest BCUT2D eigenvalue weighted by atomic mass is 10.2. The largest absolute Gasteiger partial charge is 0.357 e. The van der Waals surface area contributed by atoms with E-state index in [-0.39, 0.29) is 29.7 Å². The van der Waals surface area contributed by atoms with Gasteiger partial charge in [-0.15, -0.1) is 24.0 Å². The average Bonchev–Trinajstić information content (AvgIpc) is 3.12. The van der Waals surface area contributed by atoms with E-state index >= 15 is 0 Å². The number of nitrogens with zero attached hydrogens (tertiary/aromatic N) is 4. The van der Waals surface area contributed by atoms with Gasteiger partial charge in [0.1, 0.15) is 0 Å². The minimum atomic E-state index is -3.10. The van der Waals surface area contributed by atoms with Gasteiger partial charge in [-0.2, -0.15) is 4.98 Å². The first-order valence-electron chi connectivity index (χ1n) is 9.56. The SMILES string of the molecule is CCNC(=NCCc1nc(-c2cccc(Cl)c2)no1)N1CCS(=O)(=O)C(C)(C)C1.I. The first-order valence-corrected chi connectivity index (χ1v) is 11.6.